The highest BCUT2D eigenvalue weighted by molar-refractivity contribution is 5.92. The molecule has 1 aliphatic rings. The molecule has 1 heterocycles. The summed E-state index contributed by atoms with van der Waals surface area (Å²) < 4.78 is 5.49. The molecule has 1 N–H and O–H groups in total. The molecule has 3 rings (SSSR count). The van der Waals surface area contributed by atoms with Crippen LogP contribution in [-0.4, -0.2) is 49.0 Å². The van der Waals surface area contributed by atoms with E-state index in [1.165, 1.54) is 31.5 Å². The van der Waals surface area contributed by atoms with E-state index in [0.29, 0.717) is 19.7 Å². The van der Waals surface area contributed by atoms with Gasteiger partial charge < -0.3 is 10.1 Å². The lowest BCUT2D eigenvalue weighted by Crippen LogP contribution is -2.29. The first kappa shape index (κ1) is 21.1. The highest BCUT2D eigenvalue weighted by Gasteiger charge is 2.12. The van der Waals surface area contributed by atoms with Gasteiger partial charge in [0.15, 0.2) is 0 Å². The van der Waals surface area contributed by atoms with Crippen LogP contribution in [0.5, 0.6) is 5.75 Å². The van der Waals surface area contributed by atoms with E-state index in [0.717, 1.165) is 23.5 Å². The molecule has 1 saturated heterocycles. The lowest BCUT2D eigenvalue weighted by Gasteiger charge is -2.17. The average molecular weight is 394 g/mol. The van der Waals surface area contributed by atoms with Gasteiger partial charge in [-0.2, -0.15) is 0 Å². The van der Waals surface area contributed by atoms with Crippen molar-refractivity contribution in [2.75, 3.05) is 38.6 Å². The molecule has 0 radical (unpaired) electrons. The number of rotatable bonds is 10. The minimum Gasteiger partial charge on any atom is -0.490 e. The zero-order chi connectivity index (χ0) is 20.5. The van der Waals surface area contributed by atoms with Crippen LogP contribution in [0.4, 0.5) is 5.69 Å². The minimum atomic E-state index is -0.00858. The van der Waals surface area contributed by atoms with Gasteiger partial charge >= 0.3 is 0 Å². The van der Waals surface area contributed by atoms with Gasteiger partial charge in [0, 0.05) is 18.8 Å². The number of hydrogen-bond acceptors (Lipinski definition) is 4. The van der Waals surface area contributed by atoms with E-state index in [1.54, 1.807) is 6.08 Å². The molecule has 0 spiro atoms. The third-order valence-electron chi connectivity index (χ3n) is 5.00. The van der Waals surface area contributed by atoms with Crippen molar-refractivity contribution in [2.24, 2.45) is 0 Å². The van der Waals surface area contributed by atoms with E-state index in [2.05, 4.69) is 28.9 Å². The van der Waals surface area contributed by atoms with Crippen LogP contribution >= 0.6 is 0 Å². The van der Waals surface area contributed by atoms with E-state index in [4.69, 9.17) is 4.74 Å². The number of benzene rings is 2. The summed E-state index contributed by atoms with van der Waals surface area (Å²) in [7, 11) is 1.95. The molecule has 154 valence electrons. The van der Waals surface area contributed by atoms with Crippen molar-refractivity contribution in [3.63, 3.8) is 0 Å². The predicted molar refractivity (Wildman–Crippen MR) is 118 cm³/mol. The van der Waals surface area contributed by atoms with Crippen LogP contribution in [-0.2, 0) is 17.9 Å². The quantitative estimate of drug-likeness (QED) is 0.622. The van der Waals surface area contributed by atoms with Gasteiger partial charge in [0.2, 0.25) is 5.91 Å². The Bertz CT molecular complexity index is 781. The first-order valence-electron chi connectivity index (χ1n) is 10.2. The maximum absolute atomic E-state index is 12.4. The molecule has 1 aliphatic heterocycles. The van der Waals surface area contributed by atoms with Gasteiger partial charge in [-0.3, -0.25) is 14.6 Å². The lowest BCUT2D eigenvalue weighted by molar-refractivity contribution is -0.117. The molecule has 5 heteroatoms. The van der Waals surface area contributed by atoms with E-state index in [-0.39, 0.29) is 5.91 Å². The number of amides is 1. The normalized spacial score (nSPS) is 14.1. The van der Waals surface area contributed by atoms with Crippen LogP contribution in [0.25, 0.3) is 0 Å². The Morgan fingerprint density at radius 3 is 2.41 bits per heavy atom. The second-order valence-electron chi connectivity index (χ2n) is 7.64. The topological polar surface area (TPSA) is 44.8 Å². The Morgan fingerprint density at radius 2 is 1.76 bits per heavy atom. The van der Waals surface area contributed by atoms with Gasteiger partial charge in [0.25, 0.3) is 0 Å². The first-order valence-corrected chi connectivity index (χ1v) is 10.2. The molecule has 0 unspecified atom stereocenters. The van der Waals surface area contributed by atoms with Crippen molar-refractivity contribution in [2.45, 2.75) is 25.9 Å². The largest absolute Gasteiger partial charge is 0.490 e. The summed E-state index contributed by atoms with van der Waals surface area (Å²) in [6, 6.07) is 16.1. The Morgan fingerprint density at radius 1 is 1.10 bits per heavy atom. The number of nitrogens with zero attached hydrogens (tertiary/aromatic N) is 2. The molecule has 0 bridgehead atoms. The van der Waals surface area contributed by atoms with Crippen molar-refractivity contribution in [1.82, 2.24) is 9.80 Å². The maximum atomic E-state index is 12.4. The van der Waals surface area contributed by atoms with Gasteiger partial charge in [-0.15, -0.1) is 0 Å². The third-order valence-corrected chi connectivity index (χ3v) is 5.00. The van der Waals surface area contributed by atoms with Crippen LogP contribution in [0.3, 0.4) is 0 Å². The number of carbonyl (C=O) groups excluding carboxylic acids is 1. The van der Waals surface area contributed by atoms with Gasteiger partial charge in [-0.1, -0.05) is 36.9 Å². The highest BCUT2D eigenvalue weighted by atomic mass is 16.5. The SMILES string of the molecule is C=CCOc1ccc(CN(C)CC(=O)Nc2ccc(CN3CCCC3)cc2)cc1. The zero-order valence-electron chi connectivity index (χ0n) is 17.3. The van der Waals surface area contributed by atoms with E-state index in [9.17, 15) is 4.79 Å². The van der Waals surface area contributed by atoms with Crippen molar-refractivity contribution in [3.8, 4) is 5.75 Å². The van der Waals surface area contributed by atoms with Crippen molar-refractivity contribution >= 4 is 11.6 Å². The van der Waals surface area contributed by atoms with Crippen LogP contribution in [0, 0.1) is 0 Å². The number of hydrogen-bond donors (Lipinski definition) is 1. The van der Waals surface area contributed by atoms with Crippen molar-refractivity contribution in [3.05, 3.63) is 72.3 Å². The van der Waals surface area contributed by atoms with Crippen LogP contribution in [0.2, 0.25) is 0 Å². The monoisotopic (exact) mass is 393 g/mol. The molecule has 2 aromatic carbocycles. The molecular weight excluding hydrogens is 362 g/mol. The summed E-state index contributed by atoms with van der Waals surface area (Å²) in [5, 5.41) is 2.99. The van der Waals surface area contributed by atoms with Crippen molar-refractivity contribution in [1.29, 1.82) is 0 Å². The lowest BCUT2D eigenvalue weighted by atomic mass is 10.2. The van der Waals surface area contributed by atoms with E-state index < -0.39 is 0 Å². The summed E-state index contributed by atoms with van der Waals surface area (Å²) in [5.74, 6) is 0.813. The summed E-state index contributed by atoms with van der Waals surface area (Å²) in [6.45, 7) is 8.55. The highest BCUT2D eigenvalue weighted by Crippen LogP contribution is 2.16. The number of ether oxygens (including phenoxy) is 1. The van der Waals surface area contributed by atoms with Gasteiger partial charge in [0.1, 0.15) is 12.4 Å². The molecule has 2 aromatic rings. The minimum absolute atomic E-state index is 0.00858. The fourth-order valence-corrected chi connectivity index (χ4v) is 3.55. The smallest absolute Gasteiger partial charge is 0.238 e. The van der Waals surface area contributed by atoms with Crippen LogP contribution in [0.15, 0.2) is 61.2 Å². The zero-order valence-corrected chi connectivity index (χ0v) is 17.3. The molecule has 0 atom stereocenters. The van der Waals surface area contributed by atoms with Gasteiger partial charge in [0.05, 0.1) is 6.54 Å². The molecule has 0 aromatic heterocycles. The first-order chi connectivity index (χ1) is 14.1. The fourth-order valence-electron chi connectivity index (χ4n) is 3.55. The average Bonchev–Trinajstić information content (AvgIpc) is 3.22. The summed E-state index contributed by atoms with van der Waals surface area (Å²) in [5.41, 5.74) is 3.28. The molecule has 5 nitrogen and oxygen atoms in total. The fraction of sp³-hybridized carbons (Fsp3) is 0.375. The number of carbonyl (C=O) groups is 1. The molecule has 0 saturated carbocycles. The maximum Gasteiger partial charge on any atom is 0.238 e. The molecule has 1 amide bonds. The van der Waals surface area contributed by atoms with Crippen LogP contribution < -0.4 is 10.1 Å². The number of nitrogens with one attached hydrogen (secondary N) is 1. The summed E-state index contributed by atoms with van der Waals surface area (Å²) >= 11 is 0. The van der Waals surface area contributed by atoms with Crippen LogP contribution in [0.1, 0.15) is 24.0 Å². The molecule has 29 heavy (non-hydrogen) atoms. The Balaban J connectivity index is 1.42. The number of anilines is 1. The second kappa shape index (κ2) is 10.8. The summed E-state index contributed by atoms with van der Waals surface area (Å²) in [4.78, 5) is 16.8. The molecule has 1 fully saturated rings. The Hall–Kier alpha value is -2.63. The predicted octanol–water partition coefficient (Wildman–Crippen LogP) is 3.92. The Labute approximate surface area is 174 Å². The second-order valence-corrected chi connectivity index (χ2v) is 7.64. The summed E-state index contributed by atoms with van der Waals surface area (Å²) in [6.07, 6.45) is 4.32. The van der Waals surface area contributed by atoms with Gasteiger partial charge in [-0.05, 0) is 68.4 Å². The number of likely N-dealkylation sites (tertiary alicyclic amines) is 1. The van der Waals surface area contributed by atoms with Gasteiger partial charge in [-0.25, -0.2) is 0 Å². The Kier molecular flexibility index (Phi) is 7.85. The van der Waals surface area contributed by atoms with Crippen molar-refractivity contribution < 1.29 is 9.53 Å². The number of likely N-dealkylation sites (N-methyl/N-ethyl adjacent to an activating group) is 1. The molecular formula is C24H31N3O2. The third kappa shape index (κ3) is 7.04. The van der Waals surface area contributed by atoms with E-state index in [1.807, 2.05) is 48.3 Å². The molecule has 0 aliphatic carbocycles. The van der Waals surface area contributed by atoms with E-state index >= 15 is 0 Å². The standard InChI is InChI=1S/C24H31N3O2/c1-3-16-29-23-12-8-20(9-13-23)17-26(2)19-24(28)25-22-10-6-21(7-11-22)18-27-14-4-5-15-27/h3,6-13H,1,4-5,14-19H2,2H3,(H,25,28).